The lowest BCUT2D eigenvalue weighted by Gasteiger charge is -2.15. The average Bonchev–Trinajstić information content (AvgIpc) is 3.25. The smallest absolute Gasteiger partial charge is 0.244 e. The van der Waals surface area contributed by atoms with E-state index in [1.54, 1.807) is 24.5 Å². The summed E-state index contributed by atoms with van der Waals surface area (Å²) in [5, 5.41) is 3.83. The Hall–Kier alpha value is -3.86. The van der Waals surface area contributed by atoms with Gasteiger partial charge in [0.15, 0.2) is 0 Å². The van der Waals surface area contributed by atoms with Crippen molar-refractivity contribution < 1.29 is 18.3 Å². The Bertz CT molecular complexity index is 1300. The normalized spacial score (nSPS) is 11.6. The first-order valence-corrected chi connectivity index (χ1v) is 10.9. The minimum atomic E-state index is -0.302. The Morgan fingerprint density at radius 1 is 1.12 bits per heavy atom. The highest BCUT2D eigenvalue weighted by Crippen LogP contribution is 2.40. The highest BCUT2D eigenvalue weighted by Gasteiger charge is 2.19. The molecule has 0 aliphatic rings. The van der Waals surface area contributed by atoms with Crippen LogP contribution in [-0.2, 0) is 11.3 Å². The SMILES string of the molecule is CCOc1c(/C(C)=C/C(=O)NCc2ccc(F)cc2)cc2c(-c3ccccc3)coc2c1C. The number of fused-ring (bicyclic) bond motifs is 1. The molecular formula is C28H26FNO3. The summed E-state index contributed by atoms with van der Waals surface area (Å²) in [6.45, 7) is 6.61. The van der Waals surface area contributed by atoms with Crippen molar-refractivity contribution in [3.05, 3.63) is 95.5 Å². The Labute approximate surface area is 192 Å². The molecule has 33 heavy (non-hydrogen) atoms. The number of carbonyl (C=O) groups is 1. The summed E-state index contributed by atoms with van der Waals surface area (Å²) < 4.78 is 25.0. The summed E-state index contributed by atoms with van der Waals surface area (Å²) in [4.78, 5) is 12.6. The van der Waals surface area contributed by atoms with Crippen LogP contribution in [0.25, 0.3) is 27.7 Å². The van der Waals surface area contributed by atoms with Gasteiger partial charge in [0.05, 0.1) is 12.9 Å². The quantitative estimate of drug-likeness (QED) is 0.325. The molecule has 1 heterocycles. The number of nitrogens with one attached hydrogen (secondary N) is 1. The van der Waals surface area contributed by atoms with Crippen LogP contribution >= 0.6 is 0 Å². The lowest BCUT2D eigenvalue weighted by atomic mass is 9.96. The molecule has 0 unspecified atom stereocenters. The van der Waals surface area contributed by atoms with Gasteiger partial charge in [-0.05, 0) is 55.7 Å². The second kappa shape index (κ2) is 9.74. The molecule has 1 N–H and O–H groups in total. The predicted octanol–water partition coefficient (Wildman–Crippen LogP) is 6.67. The van der Waals surface area contributed by atoms with Crippen molar-refractivity contribution in [2.75, 3.05) is 6.61 Å². The fourth-order valence-corrected chi connectivity index (χ4v) is 3.90. The molecule has 1 aromatic heterocycles. The first kappa shape index (κ1) is 22.3. The van der Waals surface area contributed by atoms with Gasteiger partial charge >= 0.3 is 0 Å². The van der Waals surface area contributed by atoms with Gasteiger partial charge in [0.1, 0.15) is 17.1 Å². The van der Waals surface area contributed by atoms with Crippen LogP contribution in [0.3, 0.4) is 0 Å². The number of furan rings is 1. The summed E-state index contributed by atoms with van der Waals surface area (Å²) in [6, 6.07) is 18.1. The van der Waals surface area contributed by atoms with Gasteiger partial charge in [-0.15, -0.1) is 0 Å². The monoisotopic (exact) mass is 443 g/mol. The first-order valence-electron chi connectivity index (χ1n) is 10.9. The molecule has 4 rings (SSSR count). The molecule has 0 atom stereocenters. The largest absolute Gasteiger partial charge is 0.493 e. The van der Waals surface area contributed by atoms with Crippen LogP contribution in [0.15, 0.2) is 77.4 Å². The zero-order chi connectivity index (χ0) is 23.4. The molecule has 4 aromatic rings. The number of benzene rings is 3. The molecular weight excluding hydrogens is 417 g/mol. The Morgan fingerprint density at radius 3 is 2.55 bits per heavy atom. The van der Waals surface area contributed by atoms with E-state index in [2.05, 4.69) is 5.32 Å². The Kier molecular flexibility index (Phi) is 6.59. The van der Waals surface area contributed by atoms with E-state index in [1.165, 1.54) is 12.1 Å². The number of rotatable bonds is 7. The molecule has 0 aliphatic heterocycles. The molecule has 0 fully saturated rings. The minimum Gasteiger partial charge on any atom is -0.493 e. The van der Waals surface area contributed by atoms with E-state index in [0.717, 1.165) is 44.4 Å². The van der Waals surface area contributed by atoms with Crippen molar-refractivity contribution >= 4 is 22.4 Å². The fourth-order valence-electron chi connectivity index (χ4n) is 3.90. The summed E-state index contributed by atoms with van der Waals surface area (Å²) >= 11 is 0. The van der Waals surface area contributed by atoms with Crippen LogP contribution in [0.5, 0.6) is 5.75 Å². The van der Waals surface area contributed by atoms with E-state index in [0.29, 0.717) is 18.9 Å². The maximum Gasteiger partial charge on any atom is 0.244 e. The number of allylic oxidation sites excluding steroid dienone is 1. The lowest BCUT2D eigenvalue weighted by molar-refractivity contribution is -0.116. The number of aryl methyl sites for hydroxylation is 1. The van der Waals surface area contributed by atoms with E-state index in [1.807, 2.05) is 57.2 Å². The molecule has 168 valence electrons. The van der Waals surface area contributed by atoms with Crippen LogP contribution in [0.4, 0.5) is 4.39 Å². The summed E-state index contributed by atoms with van der Waals surface area (Å²) in [7, 11) is 0. The van der Waals surface area contributed by atoms with Gasteiger partial charge < -0.3 is 14.5 Å². The molecule has 0 radical (unpaired) electrons. The minimum absolute atomic E-state index is 0.229. The van der Waals surface area contributed by atoms with Crippen molar-refractivity contribution in [2.24, 2.45) is 0 Å². The van der Waals surface area contributed by atoms with Gasteiger partial charge in [0, 0.05) is 34.7 Å². The molecule has 0 saturated carbocycles. The number of hydrogen-bond acceptors (Lipinski definition) is 3. The van der Waals surface area contributed by atoms with Gasteiger partial charge in [-0.2, -0.15) is 0 Å². The van der Waals surface area contributed by atoms with Gasteiger partial charge in [-0.3, -0.25) is 4.79 Å². The second-order valence-electron chi connectivity index (χ2n) is 7.87. The van der Waals surface area contributed by atoms with Crippen molar-refractivity contribution in [3.8, 4) is 16.9 Å². The molecule has 1 amide bonds. The van der Waals surface area contributed by atoms with Crippen molar-refractivity contribution in [1.82, 2.24) is 5.32 Å². The number of hydrogen-bond donors (Lipinski definition) is 1. The summed E-state index contributed by atoms with van der Waals surface area (Å²) in [5.74, 6) is 0.177. The van der Waals surface area contributed by atoms with E-state index in [-0.39, 0.29) is 11.7 Å². The fraction of sp³-hybridized carbons (Fsp3) is 0.179. The van der Waals surface area contributed by atoms with Gasteiger partial charge in [-0.25, -0.2) is 4.39 Å². The molecule has 3 aromatic carbocycles. The zero-order valence-corrected chi connectivity index (χ0v) is 18.9. The highest BCUT2D eigenvalue weighted by atomic mass is 19.1. The van der Waals surface area contributed by atoms with E-state index in [9.17, 15) is 9.18 Å². The van der Waals surface area contributed by atoms with Crippen LogP contribution in [-0.4, -0.2) is 12.5 Å². The highest BCUT2D eigenvalue weighted by molar-refractivity contribution is 6.01. The second-order valence-corrected chi connectivity index (χ2v) is 7.87. The molecule has 0 spiro atoms. The predicted molar refractivity (Wildman–Crippen MR) is 129 cm³/mol. The van der Waals surface area contributed by atoms with E-state index >= 15 is 0 Å². The summed E-state index contributed by atoms with van der Waals surface area (Å²) in [5.41, 5.74) is 6.17. The maximum absolute atomic E-state index is 13.1. The Morgan fingerprint density at radius 2 is 1.85 bits per heavy atom. The molecule has 0 bridgehead atoms. The summed E-state index contributed by atoms with van der Waals surface area (Å²) in [6.07, 6.45) is 3.33. The van der Waals surface area contributed by atoms with E-state index in [4.69, 9.17) is 9.15 Å². The van der Waals surface area contributed by atoms with Gasteiger partial charge in [0.2, 0.25) is 5.91 Å². The number of halogens is 1. The topological polar surface area (TPSA) is 51.5 Å². The van der Waals surface area contributed by atoms with Crippen molar-refractivity contribution in [1.29, 1.82) is 0 Å². The number of amides is 1. The van der Waals surface area contributed by atoms with Crippen LogP contribution in [0, 0.1) is 12.7 Å². The standard InChI is InChI=1S/C28H26FNO3/c1-4-32-27-19(3)28-24(25(17-33-28)21-8-6-5-7-9-21)15-23(27)18(2)14-26(31)30-16-20-10-12-22(29)13-11-20/h5-15,17H,4,16H2,1-3H3,(H,30,31)/b18-14+. The van der Waals surface area contributed by atoms with Crippen molar-refractivity contribution in [3.63, 3.8) is 0 Å². The molecule has 0 saturated heterocycles. The lowest BCUT2D eigenvalue weighted by Crippen LogP contribution is -2.20. The molecule has 4 nitrogen and oxygen atoms in total. The van der Waals surface area contributed by atoms with Crippen LogP contribution in [0.1, 0.15) is 30.5 Å². The zero-order valence-electron chi connectivity index (χ0n) is 18.9. The Balaban J connectivity index is 1.69. The first-order chi connectivity index (χ1) is 16.0. The number of ether oxygens (including phenoxy) is 1. The maximum atomic E-state index is 13.1. The van der Waals surface area contributed by atoms with E-state index < -0.39 is 0 Å². The van der Waals surface area contributed by atoms with Crippen LogP contribution in [0.2, 0.25) is 0 Å². The average molecular weight is 444 g/mol. The molecule has 0 aliphatic carbocycles. The third kappa shape index (κ3) is 4.82. The van der Waals surface area contributed by atoms with Crippen molar-refractivity contribution in [2.45, 2.75) is 27.3 Å². The van der Waals surface area contributed by atoms with Gasteiger partial charge in [-0.1, -0.05) is 42.5 Å². The van der Waals surface area contributed by atoms with Gasteiger partial charge in [0.25, 0.3) is 0 Å². The third-order valence-electron chi connectivity index (χ3n) is 5.57. The molecule has 5 heteroatoms. The number of carbonyl (C=O) groups excluding carboxylic acids is 1. The van der Waals surface area contributed by atoms with Crippen LogP contribution < -0.4 is 10.1 Å². The third-order valence-corrected chi connectivity index (χ3v) is 5.57.